The summed E-state index contributed by atoms with van der Waals surface area (Å²) in [6.07, 6.45) is 1.03. The Morgan fingerprint density at radius 2 is 2.40 bits per heavy atom. The van der Waals surface area contributed by atoms with Gasteiger partial charge in [0.05, 0.1) is 6.54 Å². The van der Waals surface area contributed by atoms with Crippen LogP contribution in [0.25, 0.3) is 0 Å². The zero-order valence-corrected chi connectivity index (χ0v) is 8.73. The average molecular weight is 213 g/mol. The molecule has 5 heteroatoms. The second kappa shape index (κ2) is 4.93. The number of rotatable bonds is 4. The van der Waals surface area contributed by atoms with Crippen molar-refractivity contribution in [3.63, 3.8) is 0 Å². The molecule has 1 N–H and O–H groups in total. The average Bonchev–Trinajstić information content (AvgIpc) is 2.50. The van der Waals surface area contributed by atoms with Crippen LogP contribution >= 0.6 is 0 Å². The van der Waals surface area contributed by atoms with Crippen molar-refractivity contribution >= 4 is 11.9 Å². The smallest absolute Gasteiger partial charge is 0.358 e. The number of carbonyl (C=O) groups excluding carboxylic acids is 2. The summed E-state index contributed by atoms with van der Waals surface area (Å²) in [6, 6.07) is 0. The fourth-order valence-electron chi connectivity index (χ4n) is 1.40. The number of nitrogens with zero attached hydrogens (tertiary/aromatic N) is 1. The van der Waals surface area contributed by atoms with E-state index in [0.29, 0.717) is 19.4 Å². The Morgan fingerprint density at radius 1 is 1.73 bits per heavy atom. The van der Waals surface area contributed by atoms with Gasteiger partial charge in [0, 0.05) is 18.1 Å². The summed E-state index contributed by atoms with van der Waals surface area (Å²) in [7, 11) is 0. The summed E-state index contributed by atoms with van der Waals surface area (Å²) in [4.78, 5) is 27.5. The first kappa shape index (κ1) is 11.7. The molecule has 0 radical (unpaired) electrons. The summed E-state index contributed by atoms with van der Waals surface area (Å²) >= 11 is 0. The van der Waals surface area contributed by atoms with Crippen molar-refractivity contribution in [1.82, 2.24) is 5.06 Å². The first-order chi connectivity index (χ1) is 7.06. The molecule has 1 atom stereocenters. The third-order valence-corrected chi connectivity index (χ3v) is 2.29. The van der Waals surface area contributed by atoms with Gasteiger partial charge in [-0.3, -0.25) is 4.79 Å². The molecule has 1 heterocycles. The van der Waals surface area contributed by atoms with Crippen LogP contribution < -0.4 is 0 Å². The molecule has 0 spiro atoms. The summed E-state index contributed by atoms with van der Waals surface area (Å²) in [5, 5.41) is 9.76. The highest BCUT2D eigenvalue weighted by atomic mass is 16.7. The van der Waals surface area contributed by atoms with Crippen LogP contribution in [0.3, 0.4) is 0 Å². The standard InChI is InChI=1S/C10H15NO4/c1-7(2)10(14)15-11-5-3-8(4-6-12)9(11)13/h8,12H,1,3-6H2,2H3. The highest BCUT2D eigenvalue weighted by Crippen LogP contribution is 2.21. The van der Waals surface area contributed by atoms with Crippen LogP contribution in [-0.2, 0) is 14.4 Å². The van der Waals surface area contributed by atoms with E-state index >= 15 is 0 Å². The lowest BCUT2D eigenvalue weighted by atomic mass is 10.1. The Morgan fingerprint density at radius 3 is 2.93 bits per heavy atom. The lowest BCUT2D eigenvalue weighted by molar-refractivity contribution is -0.190. The number of amides is 1. The minimum Gasteiger partial charge on any atom is -0.396 e. The molecule has 0 saturated carbocycles. The maximum atomic E-state index is 11.6. The topological polar surface area (TPSA) is 66.8 Å². The van der Waals surface area contributed by atoms with Crippen LogP contribution in [0.15, 0.2) is 12.2 Å². The molecule has 0 aliphatic carbocycles. The van der Waals surface area contributed by atoms with Crippen molar-refractivity contribution in [3.05, 3.63) is 12.2 Å². The second-order valence-corrected chi connectivity index (χ2v) is 3.60. The van der Waals surface area contributed by atoms with Gasteiger partial charge in [-0.2, -0.15) is 5.06 Å². The molecule has 0 aromatic rings. The van der Waals surface area contributed by atoms with E-state index in [9.17, 15) is 9.59 Å². The van der Waals surface area contributed by atoms with E-state index in [1.165, 1.54) is 6.92 Å². The van der Waals surface area contributed by atoms with E-state index in [2.05, 4.69) is 6.58 Å². The molecule has 5 nitrogen and oxygen atoms in total. The Balaban J connectivity index is 2.49. The molecule has 15 heavy (non-hydrogen) atoms. The van der Waals surface area contributed by atoms with Crippen molar-refractivity contribution in [2.75, 3.05) is 13.2 Å². The van der Waals surface area contributed by atoms with E-state index in [0.717, 1.165) is 5.06 Å². The van der Waals surface area contributed by atoms with Gasteiger partial charge >= 0.3 is 5.97 Å². The molecule has 0 aromatic heterocycles. The number of hydroxylamine groups is 2. The Hall–Kier alpha value is -1.36. The van der Waals surface area contributed by atoms with E-state index in [4.69, 9.17) is 9.94 Å². The van der Waals surface area contributed by atoms with Gasteiger partial charge in [-0.1, -0.05) is 6.58 Å². The lowest BCUT2D eigenvalue weighted by Gasteiger charge is -2.15. The minimum atomic E-state index is -0.590. The summed E-state index contributed by atoms with van der Waals surface area (Å²) < 4.78 is 0. The van der Waals surface area contributed by atoms with Crippen molar-refractivity contribution in [2.24, 2.45) is 5.92 Å². The normalized spacial score (nSPS) is 20.5. The Bertz CT molecular complexity index is 287. The predicted octanol–water partition coefficient (Wildman–Crippen LogP) is 0.252. The van der Waals surface area contributed by atoms with Crippen LogP contribution in [0, 0.1) is 5.92 Å². The van der Waals surface area contributed by atoms with E-state index in [1.807, 2.05) is 0 Å². The lowest BCUT2D eigenvalue weighted by Crippen LogP contribution is -2.30. The van der Waals surface area contributed by atoms with Crippen LogP contribution in [-0.4, -0.2) is 35.2 Å². The molecule has 1 aliphatic heterocycles. The van der Waals surface area contributed by atoms with Crippen molar-refractivity contribution < 1.29 is 19.5 Å². The van der Waals surface area contributed by atoms with E-state index in [1.54, 1.807) is 0 Å². The molecule has 0 aromatic carbocycles. The minimum absolute atomic E-state index is 0.0291. The van der Waals surface area contributed by atoms with Crippen LogP contribution in [0.1, 0.15) is 19.8 Å². The van der Waals surface area contributed by atoms with Gasteiger partial charge in [0.2, 0.25) is 0 Å². The van der Waals surface area contributed by atoms with Gasteiger partial charge in [0.1, 0.15) is 0 Å². The van der Waals surface area contributed by atoms with Crippen LogP contribution in [0.5, 0.6) is 0 Å². The number of carbonyl (C=O) groups is 2. The van der Waals surface area contributed by atoms with E-state index < -0.39 is 5.97 Å². The molecule has 1 unspecified atom stereocenters. The SMILES string of the molecule is C=C(C)C(=O)ON1CCC(CCO)C1=O. The van der Waals surface area contributed by atoms with Crippen LogP contribution in [0.4, 0.5) is 0 Å². The molecule has 0 bridgehead atoms. The molecule has 84 valence electrons. The van der Waals surface area contributed by atoms with Gasteiger partial charge in [0.25, 0.3) is 5.91 Å². The van der Waals surface area contributed by atoms with Crippen molar-refractivity contribution in [1.29, 1.82) is 0 Å². The number of hydrogen-bond donors (Lipinski definition) is 1. The van der Waals surface area contributed by atoms with Crippen molar-refractivity contribution in [2.45, 2.75) is 19.8 Å². The monoisotopic (exact) mass is 213 g/mol. The largest absolute Gasteiger partial charge is 0.396 e. The fraction of sp³-hybridized carbons (Fsp3) is 0.600. The Kier molecular flexibility index (Phi) is 3.85. The van der Waals surface area contributed by atoms with Gasteiger partial charge in [-0.15, -0.1) is 0 Å². The molecule has 1 fully saturated rings. The maximum Gasteiger partial charge on any atom is 0.358 e. The predicted molar refractivity (Wildman–Crippen MR) is 52.4 cm³/mol. The van der Waals surface area contributed by atoms with Gasteiger partial charge < -0.3 is 9.94 Å². The van der Waals surface area contributed by atoms with Gasteiger partial charge in [-0.05, 0) is 19.8 Å². The number of aliphatic hydroxyl groups is 1. The Labute approximate surface area is 88.3 Å². The van der Waals surface area contributed by atoms with Crippen LogP contribution in [0.2, 0.25) is 0 Å². The molecule has 1 rings (SSSR count). The molecular weight excluding hydrogens is 198 g/mol. The molecule has 1 saturated heterocycles. The quantitative estimate of drug-likeness (QED) is 0.680. The highest BCUT2D eigenvalue weighted by Gasteiger charge is 2.33. The highest BCUT2D eigenvalue weighted by molar-refractivity contribution is 5.89. The molecular formula is C10H15NO4. The van der Waals surface area contributed by atoms with Crippen molar-refractivity contribution in [3.8, 4) is 0 Å². The summed E-state index contributed by atoms with van der Waals surface area (Å²) in [5.74, 6) is -1.06. The molecule has 1 aliphatic rings. The zero-order valence-electron chi connectivity index (χ0n) is 8.73. The van der Waals surface area contributed by atoms with Gasteiger partial charge in [0.15, 0.2) is 0 Å². The first-order valence-corrected chi connectivity index (χ1v) is 4.86. The van der Waals surface area contributed by atoms with E-state index in [-0.39, 0.29) is 24.0 Å². The molecule has 1 amide bonds. The summed E-state index contributed by atoms with van der Waals surface area (Å²) in [5.41, 5.74) is 0.258. The summed E-state index contributed by atoms with van der Waals surface area (Å²) in [6.45, 7) is 5.31. The third kappa shape index (κ3) is 2.79. The first-order valence-electron chi connectivity index (χ1n) is 4.86. The van der Waals surface area contributed by atoms with Gasteiger partial charge in [-0.25, -0.2) is 4.79 Å². The fourth-order valence-corrected chi connectivity index (χ4v) is 1.40. The zero-order chi connectivity index (χ0) is 11.4. The third-order valence-electron chi connectivity index (χ3n) is 2.29. The number of aliphatic hydroxyl groups excluding tert-OH is 1. The second-order valence-electron chi connectivity index (χ2n) is 3.60. The maximum absolute atomic E-state index is 11.6. The number of hydrogen-bond acceptors (Lipinski definition) is 4.